The highest BCUT2D eigenvalue weighted by molar-refractivity contribution is 7.91. The Morgan fingerprint density at radius 3 is 2.68 bits per heavy atom. The molecule has 0 spiro atoms. The molecule has 0 saturated heterocycles. The predicted octanol–water partition coefficient (Wildman–Crippen LogP) is 3.63. The van der Waals surface area contributed by atoms with E-state index < -0.39 is 15.1 Å². The van der Waals surface area contributed by atoms with Crippen molar-refractivity contribution in [3.05, 3.63) is 81.8 Å². The molecule has 7 heteroatoms. The number of amides is 1. The maximum atomic E-state index is 13.5. The Morgan fingerprint density at radius 1 is 1.18 bits per heavy atom. The molecule has 0 aliphatic rings. The monoisotopic (exact) mass is 414 g/mol. The van der Waals surface area contributed by atoms with Crippen LogP contribution in [0.5, 0.6) is 0 Å². The van der Waals surface area contributed by atoms with Gasteiger partial charge in [-0.3, -0.25) is 9.78 Å². The predicted molar refractivity (Wildman–Crippen MR) is 111 cm³/mol. The van der Waals surface area contributed by atoms with Crippen LogP contribution in [0.15, 0.2) is 65.1 Å². The molecule has 0 fully saturated rings. The summed E-state index contributed by atoms with van der Waals surface area (Å²) in [6.45, 7) is 3.63. The van der Waals surface area contributed by atoms with Crippen LogP contribution < -0.4 is 5.32 Å². The number of aryl methyl sites for hydroxylation is 2. The largest absolute Gasteiger partial charge is 0.354 e. The Hall–Kier alpha value is -2.51. The lowest BCUT2D eigenvalue weighted by Crippen LogP contribution is -2.33. The zero-order valence-corrected chi connectivity index (χ0v) is 17.4. The lowest BCUT2D eigenvalue weighted by atomic mass is 10.2. The quantitative estimate of drug-likeness (QED) is 0.640. The molecule has 0 radical (unpaired) electrons. The van der Waals surface area contributed by atoms with Crippen LogP contribution in [0, 0.1) is 13.8 Å². The van der Waals surface area contributed by atoms with Gasteiger partial charge in [0.2, 0.25) is 5.91 Å². The van der Waals surface area contributed by atoms with Crippen molar-refractivity contribution < 1.29 is 13.2 Å². The molecular formula is C21H22N2O3S2. The van der Waals surface area contributed by atoms with Gasteiger partial charge in [-0.2, -0.15) is 0 Å². The highest BCUT2D eigenvalue weighted by atomic mass is 32.2. The van der Waals surface area contributed by atoms with E-state index in [0.717, 1.165) is 10.4 Å². The van der Waals surface area contributed by atoms with E-state index in [4.69, 9.17) is 0 Å². The Balaban J connectivity index is 1.89. The number of nitrogens with zero attached hydrogens (tertiary/aromatic N) is 1. The van der Waals surface area contributed by atoms with Gasteiger partial charge in [0.05, 0.1) is 11.3 Å². The van der Waals surface area contributed by atoms with Gasteiger partial charge in [0, 0.05) is 23.8 Å². The van der Waals surface area contributed by atoms with Gasteiger partial charge in [-0.25, -0.2) is 8.42 Å². The van der Waals surface area contributed by atoms with Crippen molar-refractivity contribution in [3.63, 3.8) is 0 Å². The minimum atomic E-state index is -3.72. The lowest BCUT2D eigenvalue weighted by Gasteiger charge is -2.20. The third-order valence-electron chi connectivity index (χ3n) is 4.48. The van der Waals surface area contributed by atoms with Crippen LogP contribution in [0.4, 0.5) is 0 Å². The minimum Gasteiger partial charge on any atom is -0.354 e. The molecule has 28 heavy (non-hydrogen) atoms. The van der Waals surface area contributed by atoms with Crippen LogP contribution in [-0.2, 0) is 21.1 Å². The average Bonchev–Trinajstić information content (AvgIpc) is 3.17. The lowest BCUT2D eigenvalue weighted by molar-refractivity contribution is -0.120. The SMILES string of the molecule is Cc1ccc(C)c(S(=O)(=O)[C@H](CNC(=O)Cc2cccs2)c2cccnc2)c1. The normalized spacial score (nSPS) is 12.5. The van der Waals surface area contributed by atoms with Crippen LogP contribution in [0.25, 0.3) is 0 Å². The molecule has 0 bridgehead atoms. The smallest absolute Gasteiger partial charge is 0.225 e. The highest BCUT2D eigenvalue weighted by Gasteiger charge is 2.31. The van der Waals surface area contributed by atoms with Gasteiger partial charge in [-0.15, -0.1) is 11.3 Å². The Bertz CT molecular complexity index is 1050. The molecule has 0 saturated carbocycles. The molecule has 0 aliphatic heterocycles. The van der Waals surface area contributed by atoms with E-state index in [9.17, 15) is 13.2 Å². The molecule has 2 aromatic heterocycles. The fraction of sp³-hybridized carbons (Fsp3) is 0.238. The average molecular weight is 415 g/mol. The van der Waals surface area contributed by atoms with E-state index in [0.29, 0.717) is 11.1 Å². The van der Waals surface area contributed by atoms with Crippen molar-refractivity contribution in [2.75, 3.05) is 6.54 Å². The first kappa shape index (κ1) is 20.2. The molecule has 3 aromatic rings. The van der Waals surface area contributed by atoms with Gasteiger partial charge >= 0.3 is 0 Å². The summed E-state index contributed by atoms with van der Waals surface area (Å²) in [7, 11) is -3.72. The van der Waals surface area contributed by atoms with Crippen molar-refractivity contribution in [3.8, 4) is 0 Å². The van der Waals surface area contributed by atoms with Gasteiger partial charge in [-0.1, -0.05) is 24.3 Å². The molecule has 3 rings (SSSR count). The summed E-state index contributed by atoms with van der Waals surface area (Å²) in [5.41, 5.74) is 2.11. The molecule has 146 valence electrons. The number of nitrogens with one attached hydrogen (secondary N) is 1. The van der Waals surface area contributed by atoms with Gasteiger partial charge in [0.25, 0.3) is 0 Å². The number of carbonyl (C=O) groups excluding carboxylic acids is 1. The highest BCUT2D eigenvalue weighted by Crippen LogP contribution is 2.30. The van der Waals surface area contributed by atoms with Crippen molar-refractivity contribution in [1.82, 2.24) is 10.3 Å². The summed E-state index contributed by atoms with van der Waals surface area (Å²) in [4.78, 5) is 17.6. The maximum Gasteiger partial charge on any atom is 0.225 e. The van der Waals surface area contributed by atoms with E-state index in [1.54, 1.807) is 43.6 Å². The Labute approximate surface area is 169 Å². The number of thiophene rings is 1. The number of pyridine rings is 1. The molecule has 1 N–H and O–H groups in total. The zero-order chi connectivity index (χ0) is 20.1. The Kier molecular flexibility index (Phi) is 6.26. The van der Waals surface area contributed by atoms with Crippen LogP contribution in [0.2, 0.25) is 0 Å². The number of hydrogen-bond donors (Lipinski definition) is 1. The third kappa shape index (κ3) is 4.66. The van der Waals surface area contributed by atoms with Crippen molar-refractivity contribution >= 4 is 27.1 Å². The molecule has 5 nitrogen and oxygen atoms in total. The summed E-state index contributed by atoms with van der Waals surface area (Å²) < 4.78 is 26.9. The molecule has 0 aliphatic carbocycles. The number of benzene rings is 1. The summed E-state index contributed by atoms with van der Waals surface area (Å²) in [6.07, 6.45) is 3.38. The van der Waals surface area contributed by atoms with E-state index in [1.165, 1.54) is 11.3 Å². The number of hydrogen-bond acceptors (Lipinski definition) is 5. The first-order valence-electron chi connectivity index (χ1n) is 8.88. The molecule has 0 unspecified atom stereocenters. The molecule has 1 aromatic carbocycles. The number of carbonyl (C=O) groups is 1. The minimum absolute atomic E-state index is 0.00832. The topological polar surface area (TPSA) is 76.1 Å². The van der Waals surface area contributed by atoms with E-state index in [-0.39, 0.29) is 23.8 Å². The summed E-state index contributed by atoms with van der Waals surface area (Å²) in [5, 5.41) is 3.79. The third-order valence-corrected chi connectivity index (χ3v) is 7.60. The maximum absolute atomic E-state index is 13.5. The second-order valence-electron chi connectivity index (χ2n) is 6.65. The van der Waals surface area contributed by atoms with Crippen LogP contribution in [-0.4, -0.2) is 25.9 Å². The summed E-state index contributed by atoms with van der Waals surface area (Å²) >= 11 is 1.50. The van der Waals surface area contributed by atoms with Gasteiger partial charge in [0.1, 0.15) is 5.25 Å². The van der Waals surface area contributed by atoms with Gasteiger partial charge in [0.15, 0.2) is 9.84 Å². The molecule has 1 atom stereocenters. The fourth-order valence-corrected chi connectivity index (χ4v) is 5.66. The molecule has 2 heterocycles. The van der Waals surface area contributed by atoms with Crippen LogP contribution in [0.1, 0.15) is 26.8 Å². The van der Waals surface area contributed by atoms with Crippen LogP contribution in [0.3, 0.4) is 0 Å². The van der Waals surface area contributed by atoms with E-state index in [2.05, 4.69) is 10.3 Å². The summed E-state index contributed by atoms with van der Waals surface area (Å²) in [6, 6.07) is 12.6. The first-order valence-corrected chi connectivity index (χ1v) is 11.3. The molecular weight excluding hydrogens is 392 g/mol. The van der Waals surface area contributed by atoms with Gasteiger partial charge < -0.3 is 5.32 Å². The molecule has 1 amide bonds. The van der Waals surface area contributed by atoms with Crippen LogP contribution >= 0.6 is 11.3 Å². The number of sulfone groups is 1. The standard InChI is InChI=1S/C21H22N2O3S2/c1-15-7-8-16(2)19(11-15)28(25,26)20(17-5-3-9-22-13-17)14-23-21(24)12-18-6-4-10-27-18/h3-11,13,20H,12,14H2,1-2H3,(H,23,24)/t20-/m1/s1. The fourth-order valence-electron chi connectivity index (χ4n) is 2.98. The van der Waals surface area contributed by atoms with E-state index >= 15 is 0 Å². The second kappa shape index (κ2) is 8.67. The summed E-state index contributed by atoms with van der Waals surface area (Å²) in [5.74, 6) is -0.201. The zero-order valence-electron chi connectivity index (χ0n) is 15.8. The van der Waals surface area contributed by atoms with Crippen molar-refractivity contribution in [2.45, 2.75) is 30.4 Å². The van der Waals surface area contributed by atoms with Crippen molar-refractivity contribution in [1.29, 1.82) is 0 Å². The Morgan fingerprint density at radius 2 is 2.00 bits per heavy atom. The van der Waals surface area contributed by atoms with E-state index in [1.807, 2.05) is 30.5 Å². The van der Waals surface area contributed by atoms with Crippen molar-refractivity contribution in [2.24, 2.45) is 0 Å². The second-order valence-corrected chi connectivity index (χ2v) is 9.78. The van der Waals surface area contributed by atoms with Gasteiger partial charge in [-0.05, 0) is 54.1 Å². The number of aromatic nitrogens is 1. The first-order chi connectivity index (χ1) is 13.4. The number of rotatable bonds is 7.